The predicted molar refractivity (Wildman–Crippen MR) is 77.0 cm³/mol. The van der Waals surface area contributed by atoms with Gasteiger partial charge in [0.25, 0.3) is 0 Å². The van der Waals surface area contributed by atoms with Crippen molar-refractivity contribution in [2.75, 3.05) is 0 Å². The maximum Gasteiger partial charge on any atom is 0.156 e. The summed E-state index contributed by atoms with van der Waals surface area (Å²) in [7, 11) is 0. The van der Waals surface area contributed by atoms with Crippen LogP contribution in [0.3, 0.4) is 0 Å². The number of aryl methyl sites for hydroxylation is 1. The van der Waals surface area contributed by atoms with Gasteiger partial charge in [-0.2, -0.15) is 5.10 Å². The fourth-order valence-electron chi connectivity index (χ4n) is 1.83. The molecule has 19 heavy (non-hydrogen) atoms. The van der Waals surface area contributed by atoms with E-state index < -0.39 is 0 Å². The lowest BCUT2D eigenvalue weighted by Gasteiger charge is -2.00. The highest BCUT2D eigenvalue weighted by atomic mass is 79.9. The van der Waals surface area contributed by atoms with Crippen molar-refractivity contribution in [3.05, 3.63) is 59.2 Å². The molecule has 2 heterocycles. The molecule has 0 atom stereocenters. The molecule has 94 valence electrons. The number of halogens is 1. The van der Waals surface area contributed by atoms with Crippen molar-refractivity contribution in [3.8, 4) is 16.9 Å². The summed E-state index contributed by atoms with van der Waals surface area (Å²) in [6.07, 6.45) is 5.34. The molecule has 0 aliphatic carbocycles. The highest BCUT2D eigenvalue weighted by Gasteiger charge is 2.05. The van der Waals surface area contributed by atoms with E-state index in [0.29, 0.717) is 0 Å². The van der Waals surface area contributed by atoms with Gasteiger partial charge in [0.05, 0.1) is 6.20 Å². The molecule has 0 amide bonds. The summed E-state index contributed by atoms with van der Waals surface area (Å²) in [4.78, 5) is 8.30. The van der Waals surface area contributed by atoms with E-state index in [2.05, 4.69) is 43.1 Å². The van der Waals surface area contributed by atoms with E-state index in [1.165, 1.54) is 0 Å². The lowest BCUT2D eigenvalue weighted by Crippen LogP contribution is -1.98. The molecule has 0 N–H and O–H groups in total. The van der Waals surface area contributed by atoms with Crippen molar-refractivity contribution in [2.45, 2.75) is 6.92 Å². The SMILES string of the molecule is Cc1cc(-n2cc(-c3cccc(Br)c3)cn2)ncn1. The highest BCUT2D eigenvalue weighted by molar-refractivity contribution is 9.10. The van der Waals surface area contributed by atoms with Crippen molar-refractivity contribution in [1.29, 1.82) is 0 Å². The summed E-state index contributed by atoms with van der Waals surface area (Å²) >= 11 is 3.47. The zero-order chi connectivity index (χ0) is 13.2. The summed E-state index contributed by atoms with van der Waals surface area (Å²) in [5.41, 5.74) is 3.09. The number of aromatic nitrogens is 4. The van der Waals surface area contributed by atoms with Gasteiger partial charge < -0.3 is 0 Å². The third kappa shape index (κ3) is 2.56. The second kappa shape index (κ2) is 4.93. The number of nitrogens with zero attached hydrogens (tertiary/aromatic N) is 4. The largest absolute Gasteiger partial charge is 0.242 e. The van der Waals surface area contributed by atoms with Crippen molar-refractivity contribution in [1.82, 2.24) is 19.7 Å². The summed E-state index contributed by atoms with van der Waals surface area (Å²) in [5, 5.41) is 4.34. The Labute approximate surface area is 119 Å². The molecule has 2 aromatic heterocycles. The van der Waals surface area contributed by atoms with Crippen LogP contribution in [-0.2, 0) is 0 Å². The molecule has 0 aliphatic heterocycles. The van der Waals surface area contributed by atoms with Gasteiger partial charge in [0.2, 0.25) is 0 Å². The van der Waals surface area contributed by atoms with E-state index in [9.17, 15) is 0 Å². The summed E-state index contributed by atoms with van der Waals surface area (Å²) < 4.78 is 2.81. The molecule has 0 fully saturated rings. The van der Waals surface area contributed by atoms with Crippen molar-refractivity contribution in [3.63, 3.8) is 0 Å². The minimum Gasteiger partial charge on any atom is -0.242 e. The van der Waals surface area contributed by atoms with E-state index in [-0.39, 0.29) is 0 Å². The summed E-state index contributed by atoms with van der Waals surface area (Å²) in [6, 6.07) is 10.0. The highest BCUT2D eigenvalue weighted by Crippen LogP contribution is 2.23. The zero-order valence-corrected chi connectivity index (χ0v) is 11.9. The van der Waals surface area contributed by atoms with Gasteiger partial charge in [-0.15, -0.1) is 0 Å². The maximum absolute atomic E-state index is 4.34. The lowest BCUT2D eigenvalue weighted by atomic mass is 10.1. The van der Waals surface area contributed by atoms with Gasteiger partial charge in [-0.25, -0.2) is 14.6 Å². The molecule has 0 saturated carbocycles. The third-order valence-electron chi connectivity index (χ3n) is 2.76. The Balaban J connectivity index is 2.00. The molecule has 0 unspecified atom stereocenters. The smallest absolute Gasteiger partial charge is 0.156 e. The number of rotatable bonds is 2. The molecule has 4 nitrogen and oxygen atoms in total. The minimum absolute atomic E-state index is 0.772. The maximum atomic E-state index is 4.34. The molecule has 3 aromatic rings. The second-order valence-corrected chi connectivity index (χ2v) is 5.12. The Morgan fingerprint density at radius 3 is 2.79 bits per heavy atom. The Kier molecular flexibility index (Phi) is 3.13. The quantitative estimate of drug-likeness (QED) is 0.728. The van der Waals surface area contributed by atoms with Gasteiger partial charge >= 0.3 is 0 Å². The molecule has 0 aliphatic rings. The average molecular weight is 315 g/mol. The number of hydrogen-bond acceptors (Lipinski definition) is 3. The van der Waals surface area contributed by atoms with Gasteiger partial charge in [0.1, 0.15) is 6.33 Å². The first kappa shape index (κ1) is 12.0. The van der Waals surface area contributed by atoms with Crippen LogP contribution in [0.2, 0.25) is 0 Å². The molecule has 0 saturated heterocycles. The Morgan fingerprint density at radius 1 is 1.11 bits per heavy atom. The van der Waals surface area contributed by atoms with Crippen LogP contribution in [0.1, 0.15) is 5.69 Å². The fourth-order valence-corrected chi connectivity index (χ4v) is 2.23. The standard InChI is InChI=1S/C14H11BrN4/c1-10-5-14(17-9-16-10)19-8-12(7-18-19)11-3-2-4-13(15)6-11/h2-9H,1H3. The first-order valence-corrected chi connectivity index (χ1v) is 6.61. The van der Waals surface area contributed by atoms with Gasteiger partial charge in [0, 0.05) is 28.0 Å². The molecule has 1 aromatic carbocycles. The molecule has 0 spiro atoms. The molecule has 5 heteroatoms. The van der Waals surface area contributed by atoms with Crippen LogP contribution in [-0.4, -0.2) is 19.7 Å². The van der Waals surface area contributed by atoms with Gasteiger partial charge in [0.15, 0.2) is 5.82 Å². The molecule has 3 rings (SSSR count). The van der Waals surface area contributed by atoms with Crippen molar-refractivity contribution < 1.29 is 0 Å². The lowest BCUT2D eigenvalue weighted by molar-refractivity contribution is 0.835. The van der Waals surface area contributed by atoms with Gasteiger partial charge in [-0.05, 0) is 24.6 Å². The van der Waals surface area contributed by atoms with E-state index in [4.69, 9.17) is 0 Å². The van der Waals surface area contributed by atoms with Gasteiger partial charge in [-0.1, -0.05) is 28.1 Å². The van der Waals surface area contributed by atoms with Gasteiger partial charge in [-0.3, -0.25) is 0 Å². The third-order valence-corrected chi connectivity index (χ3v) is 3.26. The predicted octanol–water partition coefficient (Wildman–Crippen LogP) is 3.40. The first-order chi connectivity index (χ1) is 9.22. The second-order valence-electron chi connectivity index (χ2n) is 4.20. The zero-order valence-electron chi connectivity index (χ0n) is 10.3. The van der Waals surface area contributed by atoms with E-state index in [0.717, 1.165) is 27.1 Å². The van der Waals surface area contributed by atoms with Crippen LogP contribution in [0.25, 0.3) is 16.9 Å². The normalized spacial score (nSPS) is 10.6. The number of hydrogen-bond donors (Lipinski definition) is 0. The van der Waals surface area contributed by atoms with Crippen LogP contribution in [0, 0.1) is 6.92 Å². The Hall–Kier alpha value is -2.01. The fraction of sp³-hybridized carbons (Fsp3) is 0.0714. The Morgan fingerprint density at radius 2 is 2.00 bits per heavy atom. The van der Waals surface area contributed by atoms with Crippen LogP contribution in [0.15, 0.2) is 53.5 Å². The van der Waals surface area contributed by atoms with Crippen LogP contribution in [0.4, 0.5) is 0 Å². The van der Waals surface area contributed by atoms with E-state index in [1.54, 1.807) is 11.0 Å². The molecular formula is C14H11BrN4. The summed E-state index contributed by atoms with van der Waals surface area (Å²) in [5.74, 6) is 0.772. The molecule has 0 radical (unpaired) electrons. The Bertz CT molecular complexity index is 661. The molecule has 0 bridgehead atoms. The monoisotopic (exact) mass is 314 g/mol. The summed E-state index contributed by atoms with van der Waals surface area (Å²) in [6.45, 7) is 1.93. The first-order valence-electron chi connectivity index (χ1n) is 5.82. The van der Waals surface area contributed by atoms with E-state index >= 15 is 0 Å². The van der Waals surface area contributed by atoms with Crippen LogP contribution in [0.5, 0.6) is 0 Å². The number of benzene rings is 1. The average Bonchev–Trinajstić information content (AvgIpc) is 2.88. The van der Waals surface area contributed by atoms with Crippen molar-refractivity contribution >= 4 is 15.9 Å². The minimum atomic E-state index is 0.772. The van der Waals surface area contributed by atoms with Crippen LogP contribution >= 0.6 is 15.9 Å². The van der Waals surface area contributed by atoms with Crippen molar-refractivity contribution in [2.24, 2.45) is 0 Å². The molecular weight excluding hydrogens is 304 g/mol. The van der Waals surface area contributed by atoms with Crippen LogP contribution < -0.4 is 0 Å². The van der Waals surface area contributed by atoms with E-state index in [1.807, 2.05) is 37.5 Å². The topological polar surface area (TPSA) is 43.6 Å².